The lowest BCUT2D eigenvalue weighted by molar-refractivity contribution is 0.0338. The molecule has 24 heavy (non-hydrogen) atoms. The van der Waals surface area contributed by atoms with E-state index in [4.69, 9.17) is 26.8 Å². The van der Waals surface area contributed by atoms with Crippen molar-refractivity contribution in [3.8, 4) is 5.75 Å². The zero-order valence-electron chi connectivity index (χ0n) is 13.6. The number of nitrogen functional groups attached to an aromatic ring is 1. The van der Waals surface area contributed by atoms with Gasteiger partial charge in [-0.3, -0.25) is 4.79 Å². The van der Waals surface area contributed by atoms with Crippen molar-refractivity contribution < 1.29 is 14.3 Å². The van der Waals surface area contributed by atoms with E-state index in [2.05, 4.69) is 10.6 Å². The topological polar surface area (TPSA) is 85.6 Å². The van der Waals surface area contributed by atoms with Crippen molar-refractivity contribution in [2.75, 3.05) is 39.6 Å². The molecule has 0 unspecified atom stereocenters. The van der Waals surface area contributed by atoms with Gasteiger partial charge in [0.05, 0.1) is 29.5 Å². The predicted octanol–water partition coefficient (Wildman–Crippen LogP) is 2.13. The molecule has 1 aromatic carbocycles. The van der Waals surface area contributed by atoms with Crippen molar-refractivity contribution in [2.24, 2.45) is 5.92 Å². The molecule has 0 spiro atoms. The standard InChI is InChI=1S/C15H22ClN3O3.2ClH/c1-21-13-6-12(17)11(16)5-10(13)15(20)19-7-9-3-4-18-8-14(9)22-2;;/h5-6,9,14,18H,3-4,7-8,17H2,1-2H3,(H,19,20);2*1H/t9-,14-;;/m0../s1. The highest BCUT2D eigenvalue weighted by molar-refractivity contribution is 6.33. The average molecular weight is 401 g/mol. The minimum atomic E-state index is -0.230. The van der Waals surface area contributed by atoms with E-state index in [1.54, 1.807) is 13.2 Å². The summed E-state index contributed by atoms with van der Waals surface area (Å²) in [5, 5.41) is 6.54. The minimum absolute atomic E-state index is 0. The number of nitrogens with one attached hydrogen (secondary N) is 2. The zero-order valence-corrected chi connectivity index (χ0v) is 16.0. The molecule has 4 N–H and O–H groups in total. The second kappa shape index (κ2) is 10.8. The molecule has 1 saturated heterocycles. The number of halogens is 3. The molecular weight excluding hydrogens is 377 g/mol. The van der Waals surface area contributed by atoms with Crippen LogP contribution in [-0.2, 0) is 4.74 Å². The maximum Gasteiger partial charge on any atom is 0.255 e. The number of methoxy groups -OCH3 is 2. The number of hydrogen-bond acceptors (Lipinski definition) is 5. The quantitative estimate of drug-likeness (QED) is 0.659. The van der Waals surface area contributed by atoms with Crippen LogP contribution in [-0.4, -0.2) is 45.9 Å². The Hall–Kier alpha value is -0.920. The number of carbonyl (C=O) groups is 1. The zero-order chi connectivity index (χ0) is 16.1. The van der Waals surface area contributed by atoms with Crippen LogP contribution in [0.5, 0.6) is 5.75 Å². The molecule has 6 nitrogen and oxygen atoms in total. The summed E-state index contributed by atoms with van der Waals surface area (Å²) in [6.45, 7) is 2.27. The van der Waals surface area contributed by atoms with Gasteiger partial charge in [-0.05, 0) is 19.0 Å². The molecule has 0 saturated carbocycles. The van der Waals surface area contributed by atoms with Gasteiger partial charge in [0.2, 0.25) is 0 Å². The molecule has 2 atom stereocenters. The summed E-state index contributed by atoms with van der Waals surface area (Å²) in [6, 6.07) is 3.08. The molecular formula is C15H24Cl3N3O3. The second-order valence-corrected chi connectivity index (χ2v) is 5.72. The monoisotopic (exact) mass is 399 g/mol. The van der Waals surface area contributed by atoms with E-state index >= 15 is 0 Å². The first kappa shape index (κ1) is 23.1. The molecule has 1 aliphatic heterocycles. The third kappa shape index (κ3) is 5.57. The lowest BCUT2D eigenvalue weighted by atomic mass is 9.95. The van der Waals surface area contributed by atoms with Crippen molar-refractivity contribution in [3.05, 3.63) is 22.7 Å². The first-order valence-corrected chi connectivity index (χ1v) is 7.59. The molecule has 1 aliphatic rings. The van der Waals surface area contributed by atoms with E-state index in [0.717, 1.165) is 19.5 Å². The van der Waals surface area contributed by atoms with Gasteiger partial charge in [0.1, 0.15) is 5.75 Å². The molecule has 1 heterocycles. The highest BCUT2D eigenvalue weighted by Gasteiger charge is 2.25. The normalized spacial score (nSPS) is 19.6. The number of hydrogen-bond donors (Lipinski definition) is 3. The van der Waals surface area contributed by atoms with Crippen LogP contribution in [0, 0.1) is 5.92 Å². The van der Waals surface area contributed by atoms with Gasteiger partial charge in [0.25, 0.3) is 5.91 Å². The predicted molar refractivity (Wildman–Crippen MR) is 101 cm³/mol. The van der Waals surface area contributed by atoms with Crippen molar-refractivity contribution in [1.82, 2.24) is 10.6 Å². The Morgan fingerprint density at radius 1 is 1.42 bits per heavy atom. The molecule has 2 rings (SSSR count). The van der Waals surface area contributed by atoms with Gasteiger partial charge in [0, 0.05) is 32.2 Å². The summed E-state index contributed by atoms with van der Waals surface area (Å²) in [4.78, 5) is 12.4. The van der Waals surface area contributed by atoms with E-state index < -0.39 is 0 Å². The van der Waals surface area contributed by atoms with Crippen molar-refractivity contribution in [2.45, 2.75) is 12.5 Å². The first-order valence-electron chi connectivity index (χ1n) is 7.21. The Labute approximate surface area is 159 Å². The van der Waals surface area contributed by atoms with E-state index in [0.29, 0.717) is 28.6 Å². The number of carbonyl (C=O) groups excluding carboxylic acids is 1. The molecule has 9 heteroatoms. The van der Waals surface area contributed by atoms with Gasteiger partial charge in [-0.1, -0.05) is 11.6 Å². The summed E-state index contributed by atoms with van der Waals surface area (Å²) in [6.07, 6.45) is 1.06. The molecule has 1 aromatic rings. The number of anilines is 1. The molecule has 1 fully saturated rings. The number of rotatable bonds is 5. The van der Waals surface area contributed by atoms with E-state index in [1.807, 2.05) is 0 Å². The summed E-state index contributed by atoms with van der Waals surface area (Å²) in [7, 11) is 3.18. The van der Waals surface area contributed by atoms with Crippen molar-refractivity contribution in [3.63, 3.8) is 0 Å². The molecule has 1 amide bonds. The number of amides is 1. The smallest absolute Gasteiger partial charge is 0.255 e. The second-order valence-electron chi connectivity index (χ2n) is 5.31. The number of benzene rings is 1. The Kier molecular flexibility index (Phi) is 10.4. The molecule has 0 aromatic heterocycles. The number of ether oxygens (including phenoxy) is 2. The van der Waals surface area contributed by atoms with Crippen LogP contribution in [0.1, 0.15) is 16.8 Å². The largest absolute Gasteiger partial charge is 0.496 e. The van der Waals surface area contributed by atoms with Crippen molar-refractivity contribution >= 4 is 48.0 Å². The lowest BCUT2D eigenvalue weighted by Gasteiger charge is -2.31. The minimum Gasteiger partial charge on any atom is -0.496 e. The van der Waals surface area contributed by atoms with Gasteiger partial charge in [-0.15, -0.1) is 24.8 Å². The van der Waals surface area contributed by atoms with E-state index in [-0.39, 0.29) is 42.7 Å². The van der Waals surface area contributed by atoms with Crippen LogP contribution in [0.4, 0.5) is 5.69 Å². The summed E-state index contributed by atoms with van der Waals surface area (Å²) in [5.41, 5.74) is 6.49. The fraction of sp³-hybridized carbons (Fsp3) is 0.533. The van der Waals surface area contributed by atoms with Crippen LogP contribution >= 0.6 is 36.4 Å². The molecule has 0 bridgehead atoms. The fourth-order valence-electron chi connectivity index (χ4n) is 2.63. The maximum absolute atomic E-state index is 12.4. The summed E-state index contributed by atoms with van der Waals surface area (Å²) < 4.78 is 10.6. The third-order valence-corrected chi connectivity index (χ3v) is 4.28. The highest BCUT2D eigenvalue weighted by atomic mass is 35.5. The van der Waals surface area contributed by atoms with Crippen molar-refractivity contribution in [1.29, 1.82) is 0 Å². The third-order valence-electron chi connectivity index (χ3n) is 3.95. The number of piperidine rings is 1. The van der Waals surface area contributed by atoms with Crippen LogP contribution in [0.3, 0.4) is 0 Å². The van der Waals surface area contributed by atoms with Gasteiger partial charge in [0.15, 0.2) is 0 Å². The molecule has 138 valence electrons. The van der Waals surface area contributed by atoms with Crippen LogP contribution in [0.2, 0.25) is 5.02 Å². The summed E-state index contributed by atoms with van der Waals surface area (Å²) >= 11 is 5.99. The molecule has 0 aliphatic carbocycles. The van der Waals surface area contributed by atoms with Crippen LogP contribution in [0.15, 0.2) is 12.1 Å². The Balaban J connectivity index is 0.00000264. The highest BCUT2D eigenvalue weighted by Crippen LogP contribution is 2.28. The Morgan fingerprint density at radius 2 is 2.12 bits per heavy atom. The van der Waals surface area contributed by atoms with Gasteiger partial charge in [-0.2, -0.15) is 0 Å². The molecule has 0 radical (unpaired) electrons. The fourth-order valence-corrected chi connectivity index (χ4v) is 2.79. The lowest BCUT2D eigenvalue weighted by Crippen LogP contribution is -2.46. The van der Waals surface area contributed by atoms with Gasteiger partial charge >= 0.3 is 0 Å². The summed E-state index contributed by atoms with van der Waals surface area (Å²) in [5.74, 6) is 0.464. The Bertz CT molecular complexity index is 546. The number of nitrogens with two attached hydrogens (primary N) is 1. The van der Waals surface area contributed by atoms with Crippen LogP contribution in [0.25, 0.3) is 0 Å². The maximum atomic E-state index is 12.4. The average Bonchev–Trinajstić information content (AvgIpc) is 2.54. The van der Waals surface area contributed by atoms with E-state index in [1.165, 1.54) is 13.2 Å². The first-order chi connectivity index (χ1) is 10.6. The van der Waals surface area contributed by atoms with Crippen LogP contribution < -0.4 is 21.1 Å². The SMILES string of the molecule is COc1cc(N)c(Cl)cc1C(=O)NC[C@@H]1CCNC[C@@H]1OC.Cl.Cl. The van der Waals surface area contributed by atoms with E-state index in [9.17, 15) is 4.79 Å². The Morgan fingerprint density at radius 3 is 2.75 bits per heavy atom. The van der Waals surface area contributed by atoms with Gasteiger partial charge in [-0.25, -0.2) is 0 Å². The van der Waals surface area contributed by atoms with Gasteiger partial charge < -0.3 is 25.8 Å².